The van der Waals surface area contributed by atoms with Gasteiger partial charge in [-0.3, -0.25) is 0 Å². The molecule has 1 fully saturated rings. The lowest BCUT2D eigenvalue weighted by atomic mass is 9.81. The number of nitrogens with two attached hydrogens (primary N) is 1. The molecular weight excluding hydrogens is 208 g/mol. The maximum Gasteiger partial charge on any atom is -0.00367 e. The SMILES string of the molecule is CC(c1ccc(CCN)cc1)C1CCNCC1. The highest BCUT2D eigenvalue weighted by atomic mass is 14.9. The van der Waals surface area contributed by atoms with Crippen molar-refractivity contribution in [2.24, 2.45) is 11.7 Å². The summed E-state index contributed by atoms with van der Waals surface area (Å²) in [5, 5.41) is 3.43. The number of nitrogens with one attached hydrogen (secondary N) is 1. The van der Waals surface area contributed by atoms with E-state index in [1.165, 1.54) is 37.1 Å². The number of benzene rings is 1. The van der Waals surface area contributed by atoms with E-state index in [1.54, 1.807) is 0 Å². The molecule has 17 heavy (non-hydrogen) atoms. The lowest BCUT2D eigenvalue weighted by Gasteiger charge is -2.28. The van der Waals surface area contributed by atoms with Crippen molar-refractivity contribution in [1.29, 1.82) is 0 Å². The minimum Gasteiger partial charge on any atom is -0.330 e. The van der Waals surface area contributed by atoms with E-state index in [1.807, 2.05) is 0 Å². The zero-order valence-corrected chi connectivity index (χ0v) is 10.8. The topological polar surface area (TPSA) is 38.0 Å². The normalized spacial score (nSPS) is 19.2. The van der Waals surface area contributed by atoms with E-state index in [-0.39, 0.29) is 0 Å². The van der Waals surface area contributed by atoms with Gasteiger partial charge in [0.05, 0.1) is 0 Å². The summed E-state index contributed by atoms with van der Waals surface area (Å²) < 4.78 is 0. The van der Waals surface area contributed by atoms with Crippen LogP contribution >= 0.6 is 0 Å². The highest BCUT2D eigenvalue weighted by Crippen LogP contribution is 2.30. The zero-order valence-electron chi connectivity index (χ0n) is 10.8. The molecule has 1 aliphatic heterocycles. The molecule has 1 heterocycles. The Morgan fingerprint density at radius 2 is 1.88 bits per heavy atom. The predicted molar refractivity (Wildman–Crippen MR) is 73.2 cm³/mol. The van der Waals surface area contributed by atoms with Crippen LogP contribution < -0.4 is 11.1 Å². The summed E-state index contributed by atoms with van der Waals surface area (Å²) in [5.74, 6) is 1.53. The van der Waals surface area contributed by atoms with E-state index < -0.39 is 0 Å². The van der Waals surface area contributed by atoms with E-state index >= 15 is 0 Å². The second kappa shape index (κ2) is 6.18. The summed E-state index contributed by atoms with van der Waals surface area (Å²) >= 11 is 0. The minimum absolute atomic E-state index is 0.684. The standard InChI is InChI=1S/C15H24N2/c1-12(15-7-10-17-11-8-15)14-4-2-13(3-5-14)6-9-16/h2-5,12,15,17H,6-11,16H2,1H3. The zero-order chi connectivity index (χ0) is 12.1. The molecule has 3 N–H and O–H groups in total. The van der Waals surface area contributed by atoms with Crippen molar-refractivity contribution in [3.8, 4) is 0 Å². The number of rotatable bonds is 4. The molecule has 0 amide bonds. The fraction of sp³-hybridized carbons (Fsp3) is 0.600. The van der Waals surface area contributed by atoms with Gasteiger partial charge in [0.15, 0.2) is 0 Å². The van der Waals surface area contributed by atoms with Gasteiger partial charge in [-0.25, -0.2) is 0 Å². The quantitative estimate of drug-likeness (QED) is 0.836. The molecule has 1 atom stereocenters. The van der Waals surface area contributed by atoms with Crippen molar-refractivity contribution < 1.29 is 0 Å². The van der Waals surface area contributed by atoms with Gasteiger partial charge in [0.2, 0.25) is 0 Å². The summed E-state index contributed by atoms with van der Waals surface area (Å²) in [6.45, 7) is 5.47. The lowest BCUT2D eigenvalue weighted by molar-refractivity contribution is 0.330. The molecule has 1 aliphatic rings. The molecule has 2 heteroatoms. The Bertz CT molecular complexity index is 325. The molecule has 1 saturated heterocycles. The largest absolute Gasteiger partial charge is 0.330 e. The Hall–Kier alpha value is -0.860. The van der Waals surface area contributed by atoms with Gasteiger partial charge in [-0.05, 0) is 61.9 Å². The molecule has 0 aromatic heterocycles. The molecule has 2 nitrogen and oxygen atoms in total. The van der Waals surface area contributed by atoms with Crippen LogP contribution in [0.5, 0.6) is 0 Å². The molecule has 1 aromatic carbocycles. The van der Waals surface area contributed by atoms with Crippen LogP contribution in [-0.2, 0) is 6.42 Å². The van der Waals surface area contributed by atoms with Crippen molar-refractivity contribution in [2.45, 2.75) is 32.1 Å². The molecule has 94 valence electrons. The molecule has 2 rings (SSSR count). The van der Waals surface area contributed by atoms with Crippen molar-refractivity contribution >= 4 is 0 Å². The average molecular weight is 232 g/mol. The van der Waals surface area contributed by atoms with Gasteiger partial charge in [0.1, 0.15) is 0 Å². The van der Waals surface area contributed by atoms with Crippen molar-refractivity contribution in [1.82, 2.24) is 5.32 Å². The fourth-order valence-electron chi connectivity index (χ4n) is 2.77. The van der Waals surface area contributed by atoms with Gasteiger partial charge in [0, 0.05) is 0 Å². The minimum atomic E-state index is 0.684. The summed E-state index contributed by atoms with van der Waals surface area (Å²) in [4.78, 5) is 0. The van der Waals surface area contributed by atoms with Crippen LogP contribution in [-0.4, -0.2) is 19.6 Å². The number of piperidine rings is 1. The Labute approximate surface area is 105 Å². The van der Waals surface area contributed by atoms with Gasteiger partial charge in [-0.15, -0.1) is 0 Å². The molecule has 0 saturated carbocycles. The molecule has 0 spiro atoms. The molecular formula is C15H24N2. The van der Waals surface area contributed by atoms with Crippen LogP contribution in [0.4, 0.5) is 0 Å². The first kappa shape index (κ1) is 12.6. The third-order valence-electron chi connectivity index (χ3n) is 4.03. The van der Waals surface area contributed by atoms with E-state index in [4.69, 9.17) is 5.73 Å². The Kier molecular flexibility index (Phi) is 4.57. The Morgan fingerprint density at radius 3 is 2.47 bits per heavy atom. The first-order valence-corrected chi connectivity index (χ1v) is 6.81. The Balaban J connectivity index is 2.00. The summed E-state index contributed by atoms with van der Waals surface area (Å²) in [5.41, 5.74) is 8.41. The van der Waals surface area contributed by atoms with Crippen LogP contribution in [0.1, 0.15) is 36.8 Å². The van der Waals surface area contributed by atoms with Crippen LogP contribution in [0.15, 0.2) is 24.3 Å². The van der Waals surface area contributed by atoms with Gasteiger partial charge >= 0.3 is 0 Å². The van der Waals surface area contributed by atoms with Gasteiger partial charge < -0.3 is 11.1 Å². The summed E-state index contributed by atoms with van der Waals surface area (Å²) in [7, 11) is 0. The first-order chi connectivity index (χ1) is 8.31. The first-order valence-electron chi connectivity index (χ1n) is 6.81. The molecule has 1 aromatic rings. The smallest absolute Gasteiger partial charge is 0.00367 e. The second-order valence-corrected chi connectivity index (χ2v) is 5.16. The van der Waals surface area contributed by atoms with Crippen LogP contribution in [0.3, 0.4) is 0 Å². The molecule has 1 unspecified atom stereocenters. The third kappa shape index (κ3) is 3.30. The third-order valence-corrected chi connectivity index (χ3v) is 4.03. The van der Waals surface area contributed by atoms with Crippen molar-refractivity contribution in [3.05, 3.63) is 35.4 Å². The van der Waals surface area contributed by atoms with Crippen LogP contribution in [0, 0.1) is 5.92 Å². The lowest BCUT2D eigenvalue weighted by Crippen LogP contribution is -2.30. The Morgan fingerprint density at radius 1 is 1.24 bits per heavy atom. The van der Waals surface area contributed by atoms with Crippen molar-refractivity contribution in [2.75, 3.05) is 19.6 Å². The van der Waals surface area contributed by atoms with Crippen molar-refractivity contribution in [3.63, 3.8) is 0 Å². The maximum atomic E-state index is 5.57. The van der Waals surface area contributed by atoms with E-state index in [9.17, 15) is 0 Å². The maximum absolute atomic E-state index is 5.57. The highest BCUT2D eigenvalue weighted by molar-refractivity contribution is 5.25. The van der Waals surface area contributed by atoms with Gasteiger partial charge in [-0.2, -0.15) is 0 Å². The van der Waals surface area contributed by atoms with Gasteiger partial charge in [-0.1, -0.05) is 31.2 Å². The average Bonchev–Trinajstić information content (AvgIpc) is 2.40. The van der Waals surface area contributed by atoms with E-state index in [0.29, 0.717) is 5.92 Å². The van der Waals surface area contributed by atoms with Gasteiger partial charge in [0.25, 0.3) is 0 Å². The molecule has 0 aliphatic carbocycles. The number of hydrogen-bond acceptors (Lipinski definition) is 2. The fourth-order valence-corrected chi connectivity index (χ4v) is 2.77. The highest BCUT2D eigenvalue weighted by Gasteiger charge is 2.20. The van der Waals surface area contributed by atoms with E-state index in [0.717, 1.165) is 18.9 Å². The molecule has 0 bridgehead atoms. The number of hydrogen-bond donors (Lipinski definition) is 2. The summed E-state index contributed by atoms with van der Waals surface area (Å²) in [6.07, 6.45) is 3.61. The van der Waals surface area contributed by atoms with Crippen LogP contribution in [0.2, 0.25) is 0 Å². The summed E-state index contributed by atoms with van der Waals surface area (Å²) in [6, 6.07) is 9.05. The monoisotopic (exact) mass is 232 g/mol. The predicted octanol–water partition coefficient (Wildman–Crippen LogP) is 2.29. The van der Waals surface area contributed by atoms with Crippen LogP contribution in [0.25, 0.3) is 0 Å². The van der Waals surface area contributed by atoms with E-state index in [2.05, 4.69) is 36.5 Å². The second-order valence-electron chi connectivity index (χ2n) is 5.16. The molecule has 0 radical (unpaired) electrons.